The summed E-state index contributed by atoms with van der Waals surface area (Å²) in [5, 5.41) is 0. The second kappa shape index (κ2) is 3.89. The first-order valence-electron chi connectivity index (χ1n) is 4.37. The second-order valence-corrected chi connectivity index (χ2v) is 3.44. The van der Waals surface area contributed by atoms with Crippen LogP contribution in [-0.2, 0) is 0 Å². The van der Waals surface area contributed by atoms with Crippen molar-refractivity contribution in [3.63, 3.8) is 0 Å². The van der Waals surface area contributed by atoms with Gasteiger partial charge in [0, 0.05) is 0 Å². The molecule has 0 bridgehead atoms. The topological polar surface area (TPSA) is 0 Å². The normalized spacial score (nSPS) is 41.7. The highest BCUT2D eigenvalue weighted by molar-refractivity contribution is 5.07. The van der Waals surface area contributed by atoms with E-state index in [1.165, 1.54) is 0 Å². The summed E-state index contributed by atoms with van der Waals surface area (Å²) in [6, 6.07) is 0. The Hall–Kier alpha value is -0.580. The molecule has 0 aromatic heterocycles. The van der Waals surface area contributed by atoms with Gasteiger partial charge in [0.2, 0.25) is 0 Å². The number of rotatable bonds is 0. The van der Waals surface area contributed by atoms with Crippen molar-refractivity contribution in [2.24, 2.45) is 11.8 Å². The van der Waals surface area contributed by atoms with E-state index in [1.807, 2.05) is 0 Å². The second-order valence-electron chi connectivity index (χ2n) is 3.44. The maximum absolute atomic E-state index is 13.2. The van der Waals surface area contributed by atoms with Gasteiger partial charge in [-0.3, -0.25) is 0 Å². The molecular formula is C10H14F2. The molecule has 0 spiro atoms. The largest absolute Gasteiger partial charge is 0.244 e. The van der Waals surface area contributed by atoms with Crippen LogP contribution < -0.4 is 0 Å². The van der Waals surface area contributed by atoms with Crippen molar-refractivity contribution >= 4 is 0 Å². The van der Waals surface area contributed by atoms with Crippen LogP contribution in [0.3, 0.4) is 0 Å². The molecule has 0 aromatic rings. The first kappa shape index (κ1) is 9.51. The highest BCUT2D eigenvalue weighted by Gasteiger charge is 2.37. The van der Waals surface area contributed by atoms with Crippen LogP contribution in [0.4, 0.5) is 8.78 Å². The summed E-state index contributed by atoms with van der Waals surface area (Å²) in [6.07, 6.45) is -1.24. The average Bonchev–Trinajstić information content (AvgIpc) is 2.07. The molecule has 2 heteroatoms. The zero-order valence-corrected chi connectivity index (χ0v) is 7.48. The van der Waals surface area contributed by atoms with E-state index >= 15 is 0 Å². The van der Waals surface area contributed by atoms with Gasteiger partial charge < -0.3 is 0 Å². The summed E-state index contributed by atoms with van der Waals surface area (Å²) < 4.78 is 26.3. The van der Waals surface area contributed by atoms with E-state index in [9.17, 15) is 8.78 Å². The molecule has 1 saturated carbocycles. The maximum atomic E-state index is 13.2. The Morgan fingerprint density at radius 2 is 1.83 bits per heavy atom. The summed E-state index contributed by atoms with van der Waals surface area (Å²) in [7, 11) is 0. The van der Waals surface area contributed by atoms with E-state index in [0.717, 1.165) is 6.42 Å². The number of halogens is 2. The van der Waals surface area contributed by atoms with Crippen molar-refractivity contribution in [1.29, 1.82) is 0 Å². The number of alkyl halides is 2. The molecular weight excluding hydrogens is 158 g/mol. The zero-order valence-electron chi connectivity index (χ0n) is 7.48. The van der Waals surface area contributed by atoms with Crippen LogP contribution in [0.2, 0.25) is 0 Å². The lowest BCUT2D eigenvalue weighted by Crippen LogP contribution is -2.36. The van der Waals surface area contributed by atoms with Crippen LogP contribution in [0.15, 0.2) is 0 Å². The third-order valence-electron chi connectivity index (χ3n) is 2.49. The average molecular weight is 172 g/mol. The molecule has 4 atom stereocenters. The molecule has 0 saturated heterocycles. The van der Waals surface area contributed by atoms with Crippen molar-refractivity contribution in [3.05, 3.63) is 0 Å². The predicted molar refractivity (Wildman–Crippen MR) is 45.1 cm³/mol. The summed E-state index contributed by atoms with van der Waals surface area (Å²) in [5.41, 5.74) is 0. The Balaban J connectivity index is 2.62. The van der Waals surface area contributed by atoms with Crippen LogP contribution in [0.1, 0.15) is 26.7 Å². The van der Waals surface area contributed by atoms with Crippen molar-refractivity contribution in [3.8, 4) is 11.8 Å². The molecule has 0 N–H and O–H groups in total. The predicted octanol–water partition coefficient (Wildman–Crippen LogP) is 2.73. The third kappa shape index (κ3) is 1.77. The molecule has 0 heterocycles. The lowest BCUT2D eigenvalue weighted by molar-refractivity contribution is 0.0500. The molecule has 1 rings (SSSR count). The number of hydrogen-bond acceptors (Lipinski definition) is 0. The highest BCUT2D eigenvalue weighted by atomic mass is 19.2. The molecule has 1 fully saturated rings. The lowest BCUT2D eigenvalue weighted by atomic mass is 9.80. The molecule has 0 amide bonds. The molecule has 4 unspecified atom stereocenters. The zero-order chi connectivity index (χ0) is 9.14. The Kier molecular flexibility index (Phi) is 3.08. The van der Waals surface area contributed by atoms with Crippen LogP contribution in [0.25, 0.3) is 0 Å². The smallest absolute Gasteiger partial charge is 0.145 e. The van der Waals surface area contributed by atoms with Gasteiger partial charge >= 0.3 is 0 Å². The van der Waals surface area contributed by atoms with E-state index in [-0.39, 0.29) is 11.8 Å². The van der Waals surface area contributed by atoms with Crippen molar-refractivity contribution in [1.82, 2.24) is 0 Å². The summed E-state index contributed by atoms with van der Waals surface area (Å²) in [5.74, 6) is 4.85. The van der Waals surface area contributed by atoms with Crippen LogP contribution >= 0.6 is 0 Å². The Bertz CT molecular complexity index is 202. The van der Waals surface area contributed by atoms with Gasteiger partial charge in [0.1, 0.15) is 12.3 Å². The fraction of sp³-hybridized carbons (Fsp3) is 0.800. The standard InChI is InChI=1S/C10H14F2/c1-3-4-8-6-5-7(2)9(11)10(8)12/h7-10H,5-6H2,1-2H3. The van der Waals surface area contributed by atoms with Gasteiger partial charge in [-0.2, -0.15) is 0 Å². The van der Waals surface area contributed by atoms with Gasteiger partial charge in [0.25, 0.3) is 0 Å². The van der Waals surface area contributed by atoms with E-state index < -0.39 is 12.3 Å². The fourth-order valence-corrected chi connectivity index (χ4v) is 1.63. The molecule has 1 aliphatic carbocycles. The Labute approximate surface area is 72.3 Å². The number of hydrogen-bond donors (Lipinski definition) is 0. The summed E-state index contributed by atoms with van der Waals surface area (Å²) >= 11 is 0. The monoisotopic (exact) mass is 172 g/mol. The molecule has 0 aliphatic heterocycles. The van der Waals surface area contributed by atoms with E-state index in [0.29, 0.717) is 6.42 Å². The van der Waals surface area contributed by atoms with Crippen LogP contribution in [0.5, 0.6) is 0 Å². The Morgan fingerprint density at radius 3 is 2.42 bits per heavy atom. The lowest BCUT2D eigenvalue weighted by Gasteiger charge is -2.30. The van der Waals surface area contributed by atoms with Crippen molar-refractivity contribution in [2.75, 3.05) is 0 Å². The van der Waals surface area contributed by atoms with Gasteiger partial charge in [-0.05, 0) is 25.7 Å². The van der Waals surface area contributed by atoms with Gasteiger partial charge in [0.05, 0.1) is 5.92 Å². The van der Waals surface area contributed by atoms with Crippen LogP contribution in [0, 0.1) is 23.7 Å². The third-order valence-corrected chi connectivity index (χ3v) is 2.49. The first-order valence-corrected chi connectivity index (χ1v) is 4.37. The SMILES string of the molecule is CC#CC1CCC(C)C(F)C1F. The molecule has 68 valence electrons. The quantitative estimate of drug-likeness (QED) is 0.493. The molecule has 0 nitrogen and oxygen atoms in total. The first-order chi connectivity index (χ1) is 5.66. The van der Waals surface area contributed by atoms with Gasteiger partial charge in [-0.15, -0.1) is 5.92 Å². The highest BCUT2D eigenvalue weighted by Crippen LogP contribution is 2.32. The molecule has 0 aromatic carbocycles. The minimum atomic E-state index is -1.37. The molecule has 1 aliphatic rings. The van der Waals surface area contributed by atoms with E-state index in [1.54, 1.807) is 13.8 Å². The maximum Gasteiger partial charge on any atom is 0.145 e. The van der Waals surface area contributed by atoms with Gasteiger partial charge in [-0.1, -0.05) is 12.8 Å². The molecule has 12 heavy (non-hydrogen) atoms. The molecule has 0 radical (unpaired) electrons. The minimum Gasteiger partial charge on any atom is -0.244 e. The fourth-order valence-electron chi connectivity index (χ4n) is 1.63. The summed E-state index contributed by atoms with van der Waals surface area (Å²) in [4.78, 5) is 0. The van der Waals surface area contributed by atoms with Gasteiger partial charge in [-0.25, -0.2) is 8.78 Å². The Morgan fingerprint density at radius 1 is 1.17 bits per heavy atom. The van der Waals surface area contributed by atoms with Crippen molar-refractivity contribution in [2.45, 2.75) is 39.0 Å². The van der Waals surface area contributed by atoms with Gasteiger partial charge in [0.15, 0.2) is 0 Å². The minimum absolute atomic E-state index is 0.144. The van der Waals surface area contributed by atoms with E-state index in [2.05, 4.69) is 11.8 Å². The van der Waals surface area contributed by atoms with E-state index in [4.69, 9.17) is 0 Å². The summed E-state index contributed by atoms with van der Waals surface area (Å²) in [6.45, 7) is 3.42. The van der Waals surface area contributed by atoms with Crippen molar-refractivity contribution < 1.29 is 8.78 Å². The van der Waals surface area contributed by atoms with Crippen LogP contribution in [-0.4, -0.2) is 12.3 Å².